The standard InChI is InChI=1S/C28H37N7OS/c1-27(2,3)22-12-10-20-25(32-22)35-16-18(13-28(35,4)5)9-11-21(19-14-29-17-30-15-19)31-23-7-6-8-24(33-23)37-34-26(20)36/h8,10,12,14-15,17-18,21H,6-7,9,11,13,16H2,1-5H3,(H,31,33)(H,34,36). The Hall–Kier alpha value is -2.94. The summed E-state index contributed by atoms with van der Waals surface area (Å²) >= 11 is 1.30. The lowest BCUT2D eigenvalue weighted by molar-refractivity contribution is 0.0984. The van der Waals surface area contributed by atoms with Gasteiger partial charge in [0.1, 0.15) is 18.0 Å². The monoisotopic (exact) mass is 519 g/mol. The van der Waals surface area contributed by atoms with Gasteiger partial charge >= 0.3 is 0 Å². The number of amides is 1. The number of hydrogen-bond donors (Lipinski definition) is 2. The van der Waals surface area contributed by atoms with Crippen LogP contribution in [0.1, 0.15) is 94.4 Å². The van der Waals surface area contributed by atoms with Crippen LogP contribution in [0, 0.1) is 5.92 Å². The van der Waals surface area contributed by atoms with E-state index in [0.29, 0.717) is 11.5 Å². The van der Waals surface area contributed by atoms with Crippen molar-refractivity contribution in [2.75, 3.05) is 11.4 Å². The van der Waals surface area contributed by atoms with Crippen LogP contribution in [0.5, 0.6) is 0 Å². The van der Waals surface area contributed by atoms with Crippen molar-refractivity contribution in [1.82, 2.24) is 25.0 Å². The Labute approximate surface area is 224 Å². The molecule has 0 saturated carbocycles. The lowest BCUT2D eigenvalue weighted by Crippen LogP contribution is -2.40. The molecular formula is C28H37N7OS. The predicted molar refractivity (Wildman–Crippen MR) is 149 cm³/mol. The molecule has 2 atom stereocenters. The summed E-state index contributed by atoms with van der Waals surface area (Å²) in [7, 11) is 0. The fraction of sp³-hybridized carbons (Fsp3) is 0.536. The van der Waals surface area contributed by atoms with Gasteiger partial charge in [0.05, 0.1) is 16.6 Å². The summed E-state index contributed by atoms with van der Waals surface area (Å²) in [4.78, 5) is 34.6. The van der Waals surface area contributed by atoms with E-state index in [1.807, 2.05) is 24.5 Å². The van der Waals surface area contributed by atoms with E-state index in [0.717, 1.165) is 66.6 Å². The Kier molecular flexibility index (Phi) is 7.00. The van der Waals surface area contributed by atoms with Crippen molar-refractivity contribution in [2.45, 2.75) is 83.7 Å². The molecule has 37 heavy (non-hydrogen) atoms. The number of anilines is 1. The average Bonchev–Trinajstić information content (AvgIpc) is 3.18. The Morgan fingerprint density at radius 1 is 1.14 bits per heavy atom. The van der Waals surface area contributed by atoms with Crippen LogP contribution in [0.25, 0.3) is 0 Å². The van der Waals surface area contributed by atoms with E-state index >= 15 is 0 Å². The van der Waals surface area contributed by atoms with Crippen LogP contribution >= 0.6 is 11.9 Å². The van der Waals surface area contributed by atoms with Crippen LogP contribution in [-0.2, 0) is 5.41 Å². The summed E-state index contributed by atoms with van der Waals surface area (Å²) in [5.74, 6) is 2.05. The number of aromatic nitrogens is 3. The molecule has 1 amide bonds. The van der Waals surface area contributed by atoms with Crippen molar-refractivity contribution < 1.29 is 4.79 Å². The van der Waals surface area contributed by atoms with Crippen LogP contribution in [-0.4, -0.2) is 38.8 Å². The maximum atomic E-state index is 13.5. The highest BCUT2D eigenvalue weighted by Crippen LogP contribution is 2.41. The zero-order chi connectivity index (χ0) is 26.2. The van der Waals surface area contributed by atoms with Crippen LogP contribution in [0.15, 0.2) is 47.0 Å². The highest BCUT2D eigenvalue weighted by atomic mass is 32.2. The number of fused-ring (bicyclic) bond motifs is 6. The third kappa shape index (κ3) is 5.66. The number of nitrogens with one attached hydrogen (secondary N) is 2. The summed E-state index contributed by atoms with van der Waals surface area (Å²) in [5, 5.41) is 4.32. The molecule has 2 N–H and O–H groups in total. The van der Waals surface area contributed by atoms with E-state index in [1.54, 1.807) is 6.33 Å². The number of allylic oxidation sites excluding steroid dienone is 1. The third-order valence-corrected chi connectivity index (χ3v) is 8.24. The molecule has 5 heterocycles. The quantitative estimate of drug-likeness (QED) is 0.493. The number of rotatable bonds is 1. The molecule has 3 aliphatic rings. The van der Waals surface area contributed by atoms with Crippen molar-refractivity contribution >= 4 is 29.5 Å². The summed E-state index contributed by atoms with van der Waals surface area (Å²) < 4.78 is 3.06. The number of hydrogen-bond acceptors (Lipinski definition) is 8. The van der Waals surface area contributed by atoms with Gasteiger partial charge < -0.3 is 10.2 Å². The normalized spacial score (nSPS) is 24.0. The second-order valence-electron chi connectivity index (χ2n) is 11.9. The molecule has 1 fully saturated rings. The topological polar surface area (TPSA) is 95.4 Å². The Morgan fingerprint density at radius 2 is 1.92 bits per heavy atom. The molecule has 1 saturated heterocycles. The van der Waals surface area contributed by atoms with Crippen LogP contribution in [0.4, 0.5) is 5.82 Å². The zero-order valence-electron chi connectivity index (χ0n) is 22.4. The minimum absolute atomic E-state index is 0.0113. The molecule has 5 rings (SSSR count). The largest absolute Gasteiger partial charge is 0.351 e. The van der Waals surface area contributed by atoms with Gasteiger partial charge in [-0.05, 0) is 57.6 Å². The van der Waals surface area contributed by atoms with Crippen LogP contribution < -0.4 is 14.9 Å². The first-order chi connectivity index (χ1) is 17.6. The van der Waals surface area contributed by atoms with E-state index in [4.69, 9.17) is 9.98 Å². The van der Waals surface area contributed by atoms with Gasteiger partial charge in [0.25, 0.3) is 5.91 Å². The van der Waals surface area contributed by atoms with Gasteiger partial charge in [-0.2, -0.15) is 0 Å². The highest BCUT2D eigenvalue weighted by Gasteiger charge is 2.41. The molecule has 9 heteroatoms. The fourth-order valence-corrected chi connectivity index (χ4v) is 6.17. The highest BCUT2D eigenvalue weighted by molar-refractivity contribution is 8.01. The minimum Gasteiger partial charge on any atom is -0.351 e. The molecule has 0 aliphatic carbocycles. The first-order valence-electron chi connectivity index (χ1n) is 13.2. The van der Waals surface area contributed by atoms with E-state index in [9.17, 15) is 4.79 Å². The van der Waals surface area contributed by atoms with Gasteiger partial charge in [-0.1, -0.05) is 26.8 Å². The molecule has 196 valence electrons. The first-order valence-corrected chi connectivity index (χ1v) is 14.0. The smallest absolute Gasteiger partial charge is 0.265 e. The summed E-state index contributed by atoms with van der Waals surface area (Å²) in [5.41, 5.74) is 2.41. The number of pyridine rings is 1. The van der Waals surface area contributed by atoms with E-state index in [2.05, 4.69) is 65.6 Å². The van der Waals surface area contributed by atoms with Gasteiger partial charge in [0.15, 0.2) is 0 Å². The molecule has 0 spiro atoms. The lowest BCUT2D eigenvalue weighted by atomic mass is 9.90. The van der Waals surface area contributed by atoms with Gasteiger partial charge in [-0.25, -0.2) is 15.0 Å². The SMILES string of the molecule is CC(C)(C)c1ccc2c(n1)N1CC(CCC(c3cncnc3)N=C3CCC=C(N3)SNC2=O)CC1(C)C. The number of aliphatic imine (C=N–C) groups is 1. The second-order valence-corrected chi connectivity index (χ2v) is 12.8. The predicted octanol–water partition coefficient (Wildman–Crippen LogP) is 5.31. The maximum absolute atomic E-state index is 13.5. The Balaban J connectivity index is 1.54. The zero-order valence-corrected chi connectivity index (χ0v) is 23.2. The van der Waals surface area contributed by atoms with Crippen molar-refractivity contribution in [3.05, 3.63) is 58.8 Å². The molecule has 2 aromatic rings. The average molecular weight is 520 g/mol. The van der Waals surface area contributed by atoms with Crippen LogP contribution in [0.3, 0.4) is 0 Å². The molecule has 8 nitrogen and oxygen atoms in total. The van der Waals surface area contributed by atoms with Gasteiger partial charge in [-0.15, -0.1) is 0 Å². The fourth-order valence-electron chi connectivity index (χ4n) is 5.49. The molecule has 4 bridgehead atoms. The van der Waals surface area contributed by atoms with Gasteiger partial charge in [0.2, 0.25) is 0 Å². The lowest BCUT2D eigenvalue weighted by Gasteiger charge is -2.34. The van der Waals surface area contributed by atoms with Gasteiger partial charge in [-0.3, -0.25) is 14.5 Å². The Morgan fingerprint density at radius 3 is 2.68 bits per heavy atom. The first kappa shape index (κ1) is 25.7. The van der Waals surface area contributed by atoms with Crippen molar-refractivity contribution in [1.29, 1.82) is 0 Å². The summed E-state index contributed by atoms with van der Waals surface area (Å²) in [6.07, 6.45) is 12.1. The molecular weight excluding hydrogens is 482 g/mol. The van der Waals surface area contributed by atoms with E-state index in [1.165, 1.54) is 11.9 Å². The number of nitrogens with zero attached hydrogens (tertiary/aromatic N) is 5. The molecule has 2 unspecified atom stereocenters. The van der Waals surface area contributed by atoms with Crippen molar-refractivity contribution in [3.8, 4) is 0 Å². The summed E-state index contributed by atoms with van der Waals surface area (Å²) in [6.45, 7) is 11.9. The minimum atomic E-state index is -0.131. The van der Waals surface area contributed by atoms with Crippen molar-refractivity contribution in [3.63, 3.8) is 0 Å². The maximum Gasteiger partial charge on any atom is 0.265 e. The Bertz CT molecular complexity index is 1220. The number of amidine groups is 1. The number of carbonyl (C=O) groups excluding carboxylic acids is 1. The van der Waals surface area contributed by atoms with Crippen molar-refractivity contribution in [2.24, 2.45) is 10.9 Å². The van der Waals surface area contributed by atoms with Gasteiger partial charge in [0, 0.05) is 59.5 Å². The van der Waals surface area contributed by atoms with E-state index in [-0.39, 0.29) is 22.9 Å². The van der Waals surface area contributed by atoms with Crippen LogP contribution in [0.2, 0.25) is 0 Å². The summed E-state index contributed by atoms with van der Waals surface area (Å²) in [6, 6.07) is 3.93. The molecule has 2 aromatic heterocycles. The molecule has 0 radical (unpaired) electrons. The molecule has 0 aromatic carbocycles. The second kappa shape index (κ2) is 10.1. The van der Waals surface area contributed by atoms with E-state index < -0.39 is 0 Å². The number of carbonyl (C=O) groups is 1. The third-order valence-electron chi connectivity index (χ3n) is 7.46. The molecule has 3 aliphatic heterocycles.